The van der Waals surface area contributed by atoms with Crippen LogP contribution in [0.3, 0.4) is 0 Å². The molecule has 0 radical (unpaired) electrons. The third kappa shape index (κ3) is 4.65. The molecule has 126 valence electrons. The molecule has 0 saturated carbocycles. The van der Waals surface area contributed by atoms with E-state index < -0.39 is 4.92 Å². The first-order chi connectivity index (χ1) is 12.1. The van der Waals surface area contributed by atoms with Crippen LogP contribution in [-0.2, 0) is 5.75 Å². The van der Waals surface area contributed by atoms with Gasteiger partial charge in [-0.15, -0.1) is 10.2 Å². The molecule has 0 bridgehead atoms. The number of nitro benzene ring substituents is 1. The topological polar surface area (TPSA) is 86.2 Å². The molecule has 0 aliphatic heterocycles. The lowest BCUT2D eigenvalue weighted by molar-refractivity contribution is -0.384. The lowest BCUT2D eigenvalue weighted by atomic mass is 10.2. The normalized spacial score (nSPS) is 11.1. The van der Waals surface area contributed by atoms with Crippen LogP contribution in [0.2, 0.25) is 5.02 Å². The van der Waals surface area contributed by atoms with Gasteiger partial charge in [-0.1, -0.05) is 47.6 Å². The highest BCUT2D eigenvalue weighted by Crippen LogP contribution is 2.21. The lowest BCUT2D eigenvalue weighted by Gasteiger charge is -2.01. The van der Waals surface area contributed by atoms with Crippen LogP contribution in [0.15, 0.2) is 65.1 Å². The zero-order valence-electron chi connectivity index (χ0n) is 12.8. The molecule has 0 amide bonds. The molecular weight excluding hydrogens is 362 g/mol. The van der Waals surface area contributed by atoms with Gasteiger partial charge in [0.15, 0.2) is 0 Å². The molecule has 25 heavy (non-hydrogen) atoms. The molecular formula is C16H12ClN5O2S. The Bertz CT molecular complexity index is 911. The van der Waals surface area contributed by atoms with Crippen LogP contribution >= 0.6 is 23.4 Å². The molecule has 0 fully saturated rings. The van der Waals surface area contributed by atoms with E-state index in [4.69, 9.17) is 11.6 Å². The van der Waals surface area contributed by atoms with Gasteiger partial charge in [0.2, 0.25) is 5.16 Å². The molecule has 0 saturated heterocycles. The van der Waals surface area contributed by atoms with Crippen molar-refractivity contribution in [1.82, 2.24) is 14.9 Å². The van der Waals surface area contributed by atoms with E-state index in [9.17, 15) is 10.1 Å². The highest BCUT2D eigenvalue weighted by atomic mass is 35.5. The average Bonchev–Trinajstić information content (AvgIpc) is 3.07. The van der Waals surface area contributed by atoms with Gasteiger partial charge in [0.05, 0.1) is 11.1 Å². The Morgan fingerprint density at radius 3 is 2.84 bits per heavy atom. The largest absolute Gasteiger partial charge is 0.270 e. The van der Waals surface area contributed by atoms with Crippen LogP contribution in [0.1, 0.15) is 11.1 Å². The van der Waals surface area contributed by atoms with Crippen molar-refractivity contribution in [2.75, 3.05) is 0 Å². The summed E-state index contributed by atoms with van der Waals surface area (Å²) in [6, 6.07) is 13.8. The molecule has 0 N–H and O–H groups in total. The summed E-state index contributed by atoms with van der Waals surface area (Å²) in [7, 11) is 0. The fourth-order valence-electron chi connectivity index (χ4n) is 1.97. The number of aromatic nitrogens is 3. The summed E-state index contributed by atoms with van der Waals surface area (Å²) in [5, 5.41) is 24.3. The number of halogens is 1. The van der Waals surface area contributed by atoms with E-state index in [0.29, 0.717) is 21.5 Å². The highest BCUT2D eigenvalue weighted by molar-refractivity contribution is 7.98. The minimum Gasteiger partial charge on any atom is -0.258 e. The second-order valence-electron chi connectivity index (χ2n) is 4.97. The van der Waals surface area contributed by atoms with Crippen molar-refractivity contribution in [1.29, 1.82) is 0 Å². The van der Waals surface area contributed by atoms with E-state index in [1.807, 2.05) is 24.3 Å². The summed E-state index contributed by atoms with van der Waals surface area (Å²) in [4.78, 5) is 10.4. The number of benzene rings is 2. The number of hydrogen-bond acceptors (Lipinski definition) is 6. The summed E-state index contributed by atoms with van der Waals surface area (Å²) >= 11 is 7.35. The maximum Gasteiger partial charge on any atom is 0.270 e. The quantitative estimate of drug-likeness (QED) is 0.282. The van der Waals surface area contributed by atoms with E-state index in [1.165, 1.54) is 41.1 Å². The summed E-state index contributed by atoms with van der Waals surface area (Å²) in [6.07, 6.45) is 3.01. The average molecular weight is 374 g/mol. The number of rotatable bonds is 6. The van der Waals surface area contributed by atoms with Crippen molar-refractivity contribution in [3.63, 3.8) is 0 Å². The maximum atomic E-state index is 10.8. The van der Waals surface area contributed by atoms with E-state index >= 15 is 0 Å². The molecule has 7 nitrogen and oxygen atoms in total. The Hall–Kier alpha value is -2.71. The van der Waals surface area contributed by atoms with Gasteiger partial charge in [0.1, 0.15) is 6.33 Å². The number of thioether (sulfide) groups is 1. The summed E-state index contributed by atoms with van der Waals surface area (Å²) in [5.41, 5.74) is 1.74. The van der Waals surface area contributed by atoms with Crippen molar-refractivity contribution in [2.24, 2.45) is 5.10 Å². The van der Waals surface area contributed by atoms with Crippen LogP contribution in [0, 0.1) is 10.1 Å². The van der Waals surface area contributed by atoms with Crippen LogP contribution in [0.4, 0.5) is 5.69 Å². The van der Waals surface area contributed by atoms with Gasteiger partial charge in [-0.2, -0.15) is 9.78 Å². The fraction of sp³-hybridized carbons (Fsp3) is 0.0625. The van der Waals surface area contributed by atoms with Gasteiger partial charge >= 0.3 is 0 Å². The van der Waals surface area contributed by atoms with Gasteiger partial charge in [-0.25, -0.2) is 0 Å². The number of non-ortho nitro benzene ring substituents is 1. The van der Waals surface area contributed by atoms with E-state index in [-0.39, 0.29) is 5.69 Å². The first-order valence-electron chi connectivity index (χ1n) is 7.18. The zero-order chi connectivity index (χ0) is 17.6. The minimum atomic E-state index is -0.441. The van der Waals surface area contributed by atoms with Gasteiger partial charge < -0.3 is 0 Å². The molecule has 3 rings (SSSR count). The Labute approximate surface area is 152 Å². The Morgan fingerprint density at radius 2 is 2.08 bits per heavy atom. The van der Waals surface area contributed by atoms with Gasteiger partial charge in [0.25, 0.3) is 5.69 Å². The standard InChI is InChI=1S/C16H12ClN5O2S/c17-14-6-4-12(5-7-14)10-25-16-20-18-11-21(16)19-9-13-2-1-3-15(8-13)22(23)24/h1-9,11H,10H2/b19-9-. The van der Waals surface area contributed by atoms with Crippen molar-refractivity contribution in [2.45, 2.75) is 10.9 Å². The number of nitrogens with zero attached hydrogens (tertiary/aromatic N) is 5. The van der Waals surface area contributed by atoms with Gasteiger partial charge in [-0.3, -0.25) is 10.1 Å². The Morgan fingerprint density at radius 1 is 1.28 bits per heavy atom. The summed E-state index contributed by atoms with van der Waals surface area (Å²) in [5.74, 6) is 0.697. The molecule has 0 aliphatic carbocycles. The van der Waals surface area contributed by atoms with Crippen molar-refractivity contribution in [3.8, 4) is 0 Å². The minimum absolute atomic E-state index is 0.0186. The third-order valence-corrected chi connectivity index (χ3v) is 4.45. The molecule has 0 unspecified atom stereocenters. The second kappa shape index (κ2) is 7.91. The monoisotopic (exact) mass is 373 g/mol. The van der Waals surface area contributed by atoms with Crippen LogP contribution in [0.25, 0.3) is 0 Å². The van der Waals surface area contributed by atoms with E-state index in [2.05, 4.69) is 15.3 Å². The zero-order valence-corrected chi connectivity index (χ0v) is 14.4. The number of hydrogen-bond donors (Lipinski definition) is 0. The van der Waals surface area contributed by atoms with Gasteiger partial charge in [0, 0.05) is 28.5 Å². The predicted molar refractivity (Wildman–Crippen MR) is 97.1 cm³/mol. The molecule has 0 atom stereocenters. The smallest absolute Gasteiger partial charge is 0.258 e. The van der Waals surface area contributed by atoms with Crippen LogP contribution in [-0.4, -0.2) is 26.0 Å². The predicted octanol–water partition coefficient (Wildman–Crippen LogP) is 4.01. The van der Waals surface area contributed by atoms with Gasteiger partial charge in [-0.05, 0) is 17.7 Å². The first kappa shape index (κ1) is 17.1. The molecule has 0 aliphatic rings. The van der Waals surface area contributed by atoms with Crippen molar-refractivity contribution >= 4 is 35.3 Å². The van der Waals surface area contributed by atoms with Crippen LogP contribution in [0.5, 0.6) is 0 Å². The van der Waals surface area contributed by atoms with E-state index in [1.54, 1.807) is 12.1 Å². The molecule has 0 spiro atoms. The molecule has 9 heteroatoms. The third-order valence-electron chi connectivity index (χ3n) is 3.19. The van der Waals surface area contributed by atoms with Crippen molar-refractivity contribution in [3.05, 3.63) is 81.1 Å². The summed E-state index contributed by atoms with van der Waals surface area (Å²) < 4.78 is 1.53. The Balaban J connectivity index is 1.70. The molecule has 3 aromatic rings. The maximum absolute atomic E-state index is 10.8. The van der Waals surface area contributed by atoms with E-state index in [0.717, 1.165) is 5.56 Å². The molecule has 2 aromatic carbocycles. The lowest BCUT2D eigenvalue weighted by Crippen LogP contribution is -1.94. The summed E-state index contributed by atoms with van der Waals surface area (Å²) in [6.45, 7) is 0. The molecule has 1 aromatic heterocycles. The van der Waals surface area contributed by atoms with Crippen molar-refractivity contribution < 1.29 is 4.92 Å². The number of nitro groups is 1. The Kier molecular flexibility index (Phi) is 5.42. The first-order valence-corrected chi connectivity index (χ1v) is 8.54. The SMILES string of the molecule is O=[N+]([O-])c1cccc(/C=N\n2cnnc2SCc2ccc(Cl)cc2)c1. The van der Waals surface area contributed by atoms with Crippen LogP contribution < -0.4 is 0 Å². The second-order valence-corrected chi connectivity index (χ2v) is 6.35. The highest BCUT2D eigenvalue weighted by Gasteiger charge is 2.06. The molecule has 1 heterocycles. The fourth-order valence-corrected chi connectivity index (χ4v) is 2.92.